The monoisotopic (exact) mass is 376 g/mol. The third-order valence-electron chi connectivity index (χ3n) is 4.24. The molecule has 0 aliphatic rings. The Bertz CT molecular complexity index is 1120. The number of hydrogen-bond acceptors (Lipinski definition) is 4. The van der Waals surface area contributed by atoms with E-state index in [0.717, 1.165) is 16.8 Å². The molecule has 0 fully saturated rings. The molecule has 0 unspecified atom stereocenters. The smallest absolute Gasteiger partial charge is 0.262 e. The minimum absolute atomic E-state index is 0.0420. The standard InChI is InChI=1S/C21H17FN4O2/c1-14-7-8-15(18-12-26-10-4-9-23-21(26)25-18)11-17(14)24-20(27)13-28-19-6-3-2-5-16(19)22/h2-12H,13H2,1H3,(H,24,27). The maximum atomic E-state index is 13.6. The molecule has 0 saturated carbocycles. The number of imidazole rings is 1. The number of anilines is 1. The molecule has 7 heteroatoms. The maximum Gasteiger partial charge on any atom is 0.262 e. The van der Waals surface area contributed by atoms with Crippen LogP contribution in [0.5, 0.6) is 5.75 Å². The summed E-state index contributed by atoms with van der Waals surface area (Å²) in [5, 5.41) is 2.81. The molecule has 0 radical (unpaired) electrons. The normalized spacial score (nSPS) is 10.8. The van der Waals surface area contributed by atoms with Crippen LogP contribution in [0.15, 0.2) is 67.1 Å². The Balaban J connectivity index is 1.50. The molecule has 1 amide bonds. The highest BCUT2D eigenvalue weighted by Gasteiger charge is 2.11. The molecule has 28 heavy (non-hydrogen) atoms. The van der Waals surface area contributed by atoms with Crippen molar-refractivity contribution in [2.75, 3.05) is 11.9 Å². The number of aryl methyl sites for hydroxylation is 1. The van der Waals surface area contributed by atoms with Crippen molar-refractivity contribution in [2.45, 2.75) is 6.92 Å². The fourth-order valence-electron chi connectivity index (χ4n) is 2.78. The van der Waals surface area contributed by atoms with Gasteiger partial charge >= 0.3 is 0 Å². The average Bonchev–Trinajstić information content (AvgIpc) is 3.13. The molecule has 0 spiro atoms. The topological polar surface area (TPSA) is 68.5 Å². The van der Waals surface area contributed by atoms with Crippen molar-refractivity contribution in [1.82, 2.24) is 14.4 Å². The third kappa shape index (κ3) is 3.68. The van der Waals surface area contributed by atoms with E-state index in [1.165, 1.54) is 12.1 Å². The van der Waals surface area contributed by atoms with Crippen LogP contribution >= 0.6 is 0 Å². The highest BCUT2D eigenvalue weighted by Crippen LogP contribution is 2.25. The molecule has 0 saturated heterocycles. The van der Waals surface area contributed by atoms with Gasteiger partial charge in [0.05, 0.1) is 5.69 Å². The predicted molar refractivity (Wildman–Crippen MR) is 104 cm³/mol. The molecule has 4 rings (SSSR count). The average molecular weight is 376 g/mol. The Morgan fingerprint density at radius 3 is 2.89 bits per heavy atom. The van der Waals surface area contributed by atoms with Crippen molar-refractivity contribution in [3.8, 4) is 17.0 Å². The lowest BCUT2D eigenvalue weighted by molar-refractivity contribution is -0.118. The summed E-state index contributed by atoms with van der Waals surface area (Å²) in [6, 6.07) is 13.5. The number of fused-ring (bicyclic) bond motifs is 1. The highest BCUT2D eigenvalue weighted by atomic mass is 19.1. The Morgan fingerprint density at radius 2 is 2.07 bits per heavy atom. The van der Waals surface area contributed by atoms with Gasteiger partial charge in [-0.15, -0.1) is 0 Å². The van der Waals surface area contributed by atoms with Crippen LogP contribution in [0.2, 0.25) is 0 Å². The first-order chi connectivity index (χ1) is 13.6. The molecule has 0 aliphatic carbocycles. The number of ether oxygens (including phenoxy) is 1. The molecule has 0 bridgehead atoms. The zero-order valence-electron chi connectivity index (χ0n) is 15.1. The number of hydrogen-bond donors (Lipinski definition) is 1. The van der Waals surface area contributed by atoms with Crippen LogP contribution < -0.4 is 10.1 Å². The van der Waals surface area contributed by atoms with E-state index >= 15 is 0 Å². The van der Waals surface area contributed by atoms with E-state index < -0.39 is 5.82 Å². The van der Waals surface area contributed by atoms with Crippen molar-refractivity contribution < 1.29 is 13.9 Å². The van der Waals surface area contributed by atoms with E-state index in [1.807, 2.05) is 48.0 Å². The van der Waals surface area contributed by atoms with Crippen LogP contribution in [0.25, 0.3) is 17.0 Å². The summed E-state index contributed by atoms with van der Waals surface area (Å²) in [4.78, 5) is 21.0. The van der Waals surface area contributed by atoms with E-state index in [4.69, 9.17) is 4.74 Å². The van der Waals surface area contributed by atoms with Crippen molar-refractivity contribution in [1.29, 1.82) is 0 Å². The third-order valence-corrected chi connectivity index (χ3v) is 4.24. The SMILES string of the molecule is Cc1ccc(-c2cn3cccnc3n2)cc1NC(=O)COc1ccccc1F. The van der Waals surface area contributed by atoms with E-state index in [0.29, 0.717) is 11.5 Å². The molecule has 2 aromatic heterocycles. The highest BCUT2D eigenvalue weighted by molar-refractivity contribution is 5.93. The summed E-state index contributed by atoms with van der Waals surface area (Å²) in [5.74, 6) is -0.239. The number of carbonyl (C=O) groups excluding carboxylic acids is 1. The van der Waals surface area contributed by atoms with Gasteiger partial charge in [0, 0.05) is 29.8 Å². The first kappa shape index (κ1) is 17.7. The summed E-state index contributed by atoms with van der Waals surface area (Å²) < 4.78 is 20.7. The number of aromatic nitrogens is 3. The lowest BCUT2D eigenvalue weighted by Crippen LogP contribution is -2.21. The first-order valence-electron chi connectivity index (χ1n) is 8.68. The van der Waals surface area contributed by atoms with Crippen molar-refractivity contribution in [3.63, 3.8) is 0 Å². The minimum atomic E-state index is -0.506. The summed E-state index contributed by atoms with van der Waals surface area (Å²) in [6.45, 7) is 1.60. The lowest BCUT2D eigenvalue weighted by atomic mass is 10.1. The summed E-state index contributed by atoms with van der Waals surface area (Å²) in [7, 11) is 0. The second-order valence-electron chi connectivity index (χ2n) is 6.25. The van der Waals surface area contributed by atoms with Gasteiger partial charge in [0.25, 0.3) is 5.91 Å². The van der Waals surface area contributed by atoms with Gasteiger partial charge in [-0.2, -0.15) is 0 Å². The zero-order chi connectivity index (χ0) is 19.5. The number of benzene rings is 2. The van der Waals surface area contributed by atoms with Gasteiger partial charge < -0.3 is 10.1 Å². The second-order valence-corrected chi connectivity index (χ2v) is 6.25. The van der Waals surface area contributed by atoms with Gasteiger partial charge in [-0.1, -0.05) is 24.3 Å². The Morgan fingerprint density at radius 1 is 1.21 bits per heavy atom. The molecular weight excluding hydrogens is 359 g/mol. The minimum Gasteiger partial charge on any atom is -0.481 e. The van der Waals surface area contributed by atoms with Crippen molar-refractivity contribution >= 4 is 17.4 Å². The lowest BCUT2D eigenvalue weighted by Gasteiger charge is -2.11. The molecule has 4 aromatic rings. The van der Waals surface area contributed by atoms with E-state index in [9.17, 15) is 9.18 Å². The number of halogens is 1. The summed E-state index contributed by atoms with van der Waals surface area (Å²) in [5.41, 5.74) is 3.13. The molecule has 2 aromatic carbocycles. The maximum absolute atomic E-state index is 13.6. The Kier molecular flexibility index (Phi) is 4.72. The molecular formula is C21H17FN4O2. The van der Waals surface area contributed by atoms with Crippen molar-refractivity contribution in [3.05, 3.63) is 78.5 Å². The van der Waals surface area contributed by atoms with Crippen LogP contribution in [-0.2, 0) is 4.79 Å². The Labute approximate surface area is 160 Å². The molecule has 1 N–H and O–H groups in total. The van der Waals surface area contributed by atoms with E-state index in [2.05, 4.69) is 15.3 Å². The van der Waals surface area contributed by atoms with Gasteiger partial charge in [0.2, 0.25) is 5.78 Å². The number of nitrogens with one attached hydrogen (secondary N) is 1. The van der Waals surface area contributed by atoms with Crippen LogP contribution in [-0.4, -0.2) is 26.9 Å². The molecule has 6 nitrogen and oxygen atoms in total. The number of rotatable bonds is 5. The largest absolute Gasteiger partial charge is 0.481 e. The zero-order valence-corrected chi connectivity index (χ0v) is 15.1. The summed E-state index contributed by atoms with van der Waals surface area (Å²) >= 11 is 0. The van der Waals surface area contributed by atoms with Crippen LogP contribution in [0.4, 0.5) is 10.1 Å². The van der Waals surface area contributed by atoms with Gasteiger partial charge in [0.1, 0.15) is 0 Å². The van der Waals surface area contributed by atoms with Crippen LogP contribution in [0.1, 0.15) is 5.56 Å². The summed E-state index contributed by atoms with van der Waals surface area (Å²) in [6.07, 6.45) is 5.43. The van der Waals surface area contributed by atoms with Crippen LogP contribution in [0.3, 0.4) is 0 Å². The Hall–Kier alpha value is -3.74. The van der Waals surface area contributed by atoms with E-state index in [1.54, 1.807) is 18.3 Å². The number of nitrogens with zero attached hydrogens (tertiary/aromatic N) is 3. The van der Waals surface area contributed by atoms with Gasteiger partial charge in [-0.3, -0.25) is 9.20 Å². The second kappa shape index (κ2) is 7.48. The quantitative estimate of drug-likeness (QED) is 0.574. The molecule has 0 atom stereocenters. The predicted octanol–water partition coefficient (Wildman–Crippen LogP) is 3.86. The number of para-hydroxylation sites is 1. The van der Waals surface area contributed by atoms with Gasteiger partial charge in [-0.25, -0.2) is 14.4 Å². The molecule has 2 heterocycles. The molecule has 0 aliphatic heterocycles. The molecule has 140 valence electrons. The van der Waals surface area contributed by atoms with Crippen molar-refractivity contribution in [2.24, 2.45) is 0 Å². The number of carbonyl (C=O) groups is 1. The van der Waals surface area contributed by atoms with E-state index in [-0.39, 0.29) is 18.3 Å². The fourth-order valence-corrected chi connectivity index (χ4v) is 2.78. The van der Waals surface area contributed by atoms with Gasteiger partial charge in [-0.05, 0) is 36.8 Å². The first-order valence-corrected chi connectivity index (χ1v) is 8.68. The van der Waals surface area contributed by atoms with Gasteiger partial charge in [0.15, 0.2) is 18.2 Å². The number of amides is 1. The van der Waals surface area contributed by atoms with Crippen LogP contribution in [0, 0.1) is 12.7 Å². The fraction of sp³-hybridized carbons (Fsp3) is 0.0952.